The summed E-state index contributed by atoms with van der Waals surface area (Å²) in [6.07, 6.45) is 13.0. The molecule has 2 atom stereocenters. The van der Waals surface area contributed by atoms with Crippen LogP contribution < -0.4 is 4.90 Å². The Balaban J connectivity index is 1.46. The van der Waals surface area contributed by atoms with E-state index in [1.54, 1.807) is 6.07 Å². The molecule has 1 heterocycles. The first-order chi connectivity index (χ1) is 16.6. The zero-order chi connectivity index (χ0) is 23.9. The first kappa shape index (κ1) is 24.4. The van der Waals surface area contributed by atoms with E-state index >= 15 is 0 Å². The Morgan fingerprint density at radius 3 is 2.62 bits per heavy atom. The molecule has 0 bridgehead atoms. The lowest BCUT2D eigenvalue weighted by atomic mass is 9.95. The zero-order valence-electron chi connectivity index (χ0n) is 20.0. The van der Waals surface area contributed by atoms with Crippen LogP contribution in [0.5, 0.6) is 0 Å². The molecule has 4 rings (SSSR count). The van der Waals surface area contributed by atoms with Gasteiger partial charge in [-0.1, -0.05) is 51.5 Å². The summed E-state index contributed by atoms with van der Waals surface area (Å²) < 4.78 is 0. The monoisotopic (exact) mass is 474 g/mol. The van der Waals surface area contributed by atoms with Crippen molar-refractivity contribution in [2.75, 3.05) is 10.7 Å². The number of nitrogens with zero attached hydrogens (tertiary/aromatic N) is 2. The highest BCUT2D eigenvalue weighted by molar-refractivity contribution is 7.99. The molecule has 4 nitrogen and oxygen atoms in total. The highest BCUT2D eigenvalue weighted by Crippen LogP contribution is 2.52. The molecule has 0 aromatic heterocycles. The van der Waals surface area contributed by atoms with Crippen molar-refractivity contribution in [2.45, 2.75) is 81.6 Å². The van der Waals surface area contributed by atoms with Crippen LogP contribution in [0.25, 0.3) is 6.08 Å². The van der Waals surface area contributed by atoms with Crippen LogP contribution in [0.4, 0.5) is 11.4 Å². The fraction of sp³-hybridized carbons (Fsp3) is 0.448. The zero-order valence-corrected chi connectivity index (χ0v) is 20.8. The molecule has 0 radical (unpaired) electrons. The first-order valence-electron chi connectivity index (χ1n) is 12.6. The summed E-state index contributed by atoms with van der Waals surface area (Å²) in [6.45, 7) is 2.26. The smallest absolute Gasteiger partial charge is 0.346 e. The molecule has 34 heavy (non-hydrogen) atoms. The van der Waals surface area contributed by atoms with E-state index in [-0.39, 0.29) is 5.57 Å². The van der Waals surface area contributed by atoms with Gasteiger partial charge in [0.1, 0.15) is 11.6 Å². The van der Waals surface area contributed by atoms with Crippen LogP contribution in [0.2, 0.25) is 0 Å². The number of anilines is 2. The van der Waals surface area contributed by atoms with Crippen LogP contribution in [0, 0.1) is 11.3 Å². The summed E-state index contributed by atoms with van der Waals surface area (Å²) in [4.78, 5) is 15.1. The maximum atomic E-state index is 11.3. The van der Waals surface area contributed by atoms with E-state index < -0.39 is 5.97 Å². The van der Waals surface area contributed by atoms with E-state index in [0.29, 0.717) is 12.0 Å². The molecule has 2 unspecified atom stereocenters. The second-order valence-corrected chi connectivity index (χ2v) is 10.5. The lowest BCUT2D eigenvalue weighted by molar-refractivity contribution is -0.132. The van der Waals surface area contributed by atoms with Crippen LogP contribution in [0.3, 0.4) is 0 Å². The van der Waals surface area contributed by atoms with Gasteiger partial charge in [-0.25, -0.2) is 4.79 Å². The number of carboxylic acids is 1. The van der Waals surface area contributed by atoms with Crippen LogP contribution in [-0.4, -0.2) is 22.9 Å². The maximum absolute atomic E-state index is 11.3. The molecule has 2 aliphatic rings. The van der Waals surface area contributed by atoms with Crippen molar-refractivity contribution >= 4 is 35.2 Å². The second-order valence-electron chi connectivity index (χ2n) is 9.38. The number of hydrogen-bond donors (Lipinski definition) is 1. The molecule has 2 aromatic rings. The van der Waals surface area contributed by atoms with Crippen molar-refractivity contribution < 1.29 is 9.90 Å². The number of hydrogen-bond acceptors (Lipinski definition) is 4. The molecule has 2 aromatic carbocycles. The van der Waals surface area contributed by atoms with Crippen LogP contribution in [0.15, 0.2) is 52.9 Å². The lowest BCUT2D eigenvalue weighted by Crippen LogP contribution is -2.26. The molecule has 0 spiro atoms. The minimum absolute atomic E-state index is 0.230. The molecule has 5 heteroatoms. The largest absolute Gasteiger partial charge is 0.477 e. The highest BCUT2D eigenvalue weighted by atomic mass is 32.2. The molecule has 0 saturated heterocycles. The van der Waals surface area contributed by atoms with Gasteiger partial charge in [-0.2, -0.15) is 5.26 Å². The van der Waals surface area contributed by atoms with Gasteiger partial charge in [-0.15, -0.1) is 11.8 Å². The van der Waals surface area contributed by atoms with E-state index in [4.69, 9.17) is 5.26 Å². The summed E-state index contributed by atoms with van der Waals surface area (Å²) in [5.41, 5.74) is 4.28. The molecule has 1 saturated carbocycles. The molecular weight excluding hydrogens is 440 g/mol. The Labute approximate surface area is 207 Å². The molecule has 1 N–H and O–H groups in total. The van der Waals surface area contributed by atoms with E-state index in [1.807, 2.05) is 17.8 Å². The summed E-state index contributed by atoms with van der Waals surface area (Å²) in [7, 11) is 0. The summed E-state index contributed by atoms with van der Waals surface area (Å²) >= 11 is 1.95. The average Bonchev–Trinajstić information content (AvgIpc) is 3.43. The van der Waals surface area contributed by atoms with Crippen molar-refractivity contribution in [3.63, 3.8) is 0 Å². The van der Waals surface area contributed by atoms with Crippen molar-refractivity contribution in [1.82, 2.24) is 0 Å². The molecule has 1 fully saturated rings. The number of unbranched alkanes of at least 4 members (excludes halogenated alkanes) is 5. The van der Waals surface area contributed by atoms with Gasteiger partial charge in [0.2, 0.25) is 0 Å². The van der Waals surface area contributed by atoms with Gasteiger partial charge >= 0.3 is 5.97 Å². The molecule has 1 aliphatic carbocycles. The van der Waals surface area contributed by atoms with Crippen molar-refractivity contribution in [1.29, 1.82) is 5.26 Å². The normalized spacial score (nSPS) is 19.1. The van der Waals surface area contributed by atoms with E-state index in [1.165, 1.54) is 78.6 Å². The van der Waals surface area contributed by atoms with Gasteiger partial charge in [0.25, 0.3) is 0 Å². The Kier molecular flexibility index (Phi) is 8.34. The SMILES string of the molecule is CCCCCCCCSc1ccc(N2c3ccc(/C=C(\C#N)C(=O)O)cc3C3CCCC32)cc1. The Morgan fingerprint density at radius 1 is 1.12 bits per heavy atom. The van der Waals surface area contributed by atoms with Gasteiger partial charge < -0.3 is 10.0 Å². The standard InChI is InChI=1S/C29H34N2O2S/c1-2-3-4-5-6-7-17-34-24-14-12-23(13-15-24)31-27-10-8-9-25(27)26-19-21(11-16-28(26)31)18-22(20-30)29(32)33/h11-16,18-19,25,27H,2-10,17H2,1H3,(H,32,33)/b22-18+. The van der Waals surface area contributed by atoms with Gasteiger partial charge in [0, 0.05) is 28.2 Å². The minimum atomic E-state index is -1.18. The number of aliphatic carboxylic acids is 1. The fourth-order valence-electron chi connectivity index (χ4n) is 5.38. The molecule has 1 aliphatic heterocycles. The van der Waals surface area contributed by atoms with Crippen molar-refractivity contribution in [2.24, 2.45) is 0 Å². The Bertz CT molecular complexity index is 1070. The third-order valence-corrected chi connectivity index (χ3v) is 8.16. The van der Waals surface area contributed by atoms with Crippen LogP contribution in [-0.2, 0) is 4.79 Å². The topological polar surface area (TPSA) is 64.3 Å². The van der Waals surface area contributed by atoms with Crippen LogP contribution in [0.1, 0.15) is 81.8 Å². The van der Waals surface area contributed by atoms with Gasteiger partial charge in [0.05, 0.1) is 0 Å². The van der Waals surface area contributed by atoms with Gasteiger partial charge in [0.15, 0.2) is 0 Å². The molecule has 0 amide bonds. The van der Waals surface area contributed by atoms with Gasteiger partial charge in [-0.05, 0) is 78.6 Å². The number of fused-ring (bicyclic) bond motifs is 3. The quantitative estimate of drug-likeness (QED) is 0.155. The lowest BCUT2D eigenvalue weighted by Gasteiger charge is -2.27. The number of carboxylic acid groups (broad SMARTS) is 1. The van der Waals surface area contributed by atoms with E-state index in [2.05, 4.69) is 48.2 Å². The van der Waals surface area contributed by atoms with Crippen molar-refractivity contribution in [3.05, 3.63) is 59.2 Å². The second kappa shape index (κ2) is 11.6. The number of carbonyl (C=O) groups is 1. The van der Waals surface area contributed by atoms with E-state index in [0.717, 1.165) is 18.4 Å². The third kappa shape index (κ3) is 5.50. The highest BCUT2D eigenvalue weighted by Gasteiger charge is 2.42. The summed E-state index contributed by atoms with van der Waals surface area (Å²) in [6, 6.07) is 17.3. The predicted molar refractivity (Wildman–Crippen MR) is 141 cm³/mol. The summed E-state index contributed by atoms with van der Waals surface area (Å²) in [5.74, 6) is 0.457. The maximum Gasteiger partial charge on any atom is 0.346 e. The third-order valence-electron chi connectivity index (χ3n) is 7.07. The number of benzene rings is 2. The Hall–Kier alpha value is -2.71. The first-order valence-corrected chi connectivity index (χ1v) is 13.6. The number of rotatable bonds is 11. The fourth-order valence-corrected chi connectivity index (χ4v) is 6.30. The number of thioether (sulfide) groups is 1. The Morgan fingerprint density at radius 2 is 1.88 bits per heavy atom. The van der Waals surface area contributed by atoms with Crippen molar-refractivity contribution in [3.8, 4) is 6.07 Å². The summed E-state index contributed by atoms with van der Waals surface area (Å²) in [5, 5.41) is 18.3. The predicted octanol–water partition coefficient (Wildman–Crippen LogP) is 7.92. The minimum Gasteiger partial charge on any atom is -0.477 e. The average molecular weight is 475 g/mol. The van der Waals surface area contributed by atoms with E-state index in [9.17, 15) is 9.90 Å². The molecule has 178 valence electrons. The van der Waals surface area contributed by atoms with Gasteiger partial charge in [-0.3, -0.25) is 0 Å². The molecular formula is C29H34N2O2S. The number of nitriles is 1. The van der Waals surface area contributed by atoms with Crippen LogP contribution >= 0.6 is 11.8 Å².